The number of unbranched alkanes of at least 4 members (excludes halogenated alkanes) is 1. The average Bonchev–Trinajstić information content (AvgIpc) is 3.05. The standard InChI is InChI=1S/C21H28N4O2/c1-2-25-20(17-14-22-11-10-18(17)24-25)5-3-4-12-27-16-8-6-15-7-9-21(26)23-19(15)13-16/h6,8,13,22H,2-5,7,9-12,14H2,1H3,(H,23,26). The molecule has 0 saturated carbocycles. The summed E-state index contributed by atoms with van der Waals surface area (Å²) in [5.74, 6) is 0.918. The van der Waals surface area contributed by atoms with E-state index in [-0.39, 0.29) is 5.91 Å². The summed E-state index contributed by atoms with van der Waals surface area (Å²) >= 11 is 0. The molecular weight excluding hydrogens is 340 g/mol. The molecule has 0 aliphatic carbocycles. The highest BCUT2D eigenvalue weighted by atomic mass is 16.5. The highest BCUT2D eigenvalue weighted by Crippen LogP contribution is 2.27. The largest absolute Gasteiger partial charge is 0.494 e. The van der Waals surface area contributed by atoms with Crippen LogP contribution in [0.15, 0.2) is 18.2 Å². The van der Waals surface area contributed by atoms with Crippen molar-refractivity contribution in [1.29, 1.82) is 0 Å². The third-order valence-electron chi connectivity index (χ3n) is 5.44. The summed E-state index contributed by atoms with van der Waals surface area (Å²) in [6.07, 6.45) is 5.54. The van der Waals surface area contributed by atoms with Crippen molar-refractivity contribution < 1.29 is 9.53 Å². The van der Waals surface area contributed by atoms with E-state index in [0.717, 1.165) is 63.2 Å². The molecule has 6 heteroatoms. The minimum absolute atomic E-state index is 0.0880. The second-order valence-corrected chi connectivity index (χ2v) is 7.29. The predicted octanol–water partition coefficient (Wildman–Crippen LogP) is 2.84. The van der Waals surface area contributed by atoms with Crippen LogP contribution < -0.4 is 15.4 Å². The van der Waals surface area contributed by atoms with Crippen LogP contribution in [-0.2, 0) is 37.1 Å². The molecule has 27 heavy (non-hydrogen) atoms. The number of carbonyl (C=O) groups excluding carboxylic acids is 1. The first-order valence-corrected chi connectivity index (χ1v) is 10.1. The highest BCUT2D eigenvalue weighted by molar-refractivity contribution is 5.94. The smallest absolute Gasteiger partial charge is 0.224 e. The molecule has 0 spiro atoms. The Balaban J connectivity index is 1.28. The van der Waals surface area contributed by atoms with Gasteiger partial charge in [-0.3, -0.25) is 9.48 Å². The maximum absolute atomic E-state index is 11.5. The molecule has 2 aliphatic heterocycles. The van der Waals surface area contributed by atoms with E-state index in [1.54, 1.807) is 0 Å². The van der Waals surface area contributed by atoms with Gasteiger partial charge in [-0.25, -0.2) is 0 Å². The summed E-state index contributed by atoms with van der Waals surface area (Å²) in [7, 11) is 0. The van der Waals surface area contributed by atoms with Crippen LogP contribution in [0.5, 0.6) is 5.75 Å². The molecule has 0 fully saturated rings. The number of amides is 1. The summed E-state index contributed by atoms with van der Waals surface area (Å²) in [5.41, 5.74) is 6.16. The molecule has 6 nitrogen and oxygen atoms in total. The van der Waals surface area contributed by atoms with Crippen LogP contribution in [-0.4, -0.2) is 28.8 Å². The van der Waals surface area contributed by atoms with E-state index < -0.39 is 0 Å². The van der Waals surface area contributed by atoms with E-state index in [9.17, 15) is 4.79 Å². The third kappa shape index (κ3) is 4.00. The molecule has 144 valence electrons. The Hall–Kier alpha value is -2.34. The van der Waals surface area contributed by atoms with E-state index in [1.165, 1.54) is 22.5 Å². The number of aryl methyl sites for hydroxylation is 2. The average molecular weight is 368 g/mol. The van der Waals surface area contributed by atoms with Gasteiger partial charge in [0.15, 0.2) is 0 Å². The SMILES string of the molecule is CCn1nc2c(c1CCCCOc1ccc3c(c1)NC(=O)CC3)CNCC2. The van der Waals surface area contributed by atoms with Crippen LogP contribution in [0.4, 0.5) is 5.69 Å². The van der Waals surface area contributed by atoms with Crippen LogP contribution in [0.2, 0.25) is 0 Å². The van der Waals surface area contributed by atoms with Gasteiger partial charge in [-0.15, -0.1) is 0 Å². The van der Waals surface area contributed by atoms with Crippen molar-refractivity contribution in [1.82, 2.24) is 15.1 Å². The zero-order valence-electron chi connectivity index (χ0n) is 16.0. The number of anilines is 1. The fraction of sp³-hybridized carbons (Fsp3) is 0.524. The topological polar surface area (TPSA) is 68.2 Å². The lowest BCUT2D eigenvalue weighted by atomic mass is 10.0. The summed E-state index contributed by atoms with van der Waals surface area (Å²) in [6.45, 7) is 5.75. The molecule has 0 atom stereocenters. The van der Waals surface area contributed by atoms with E-state index in [2.05, 4.69) is 28.3 Å². The van der Waals surface area contributed by atoms with Gasteiger partial charge in [-0.1, -0.05) is 6.07 Å². The molecule has 3 heterocycles. The fourth-order valence-electron chi connectivity index (χ4n) is 3.98. The second-order valence-electron chi connectivity index (χ2n) is 7.29. The van der Waals surface area contributed by atoms with Crippen molar-refractivity contribution in [3.8, 4) is 5.75 Å². The molecule has 1 aromatic carbocycles. The lowest BCUT2D eigenvalue weighted by molar-refractivity contribution is -0.116. The van der Waals surface area contributed by atoms with Crippen LogP contribution in [0.3, 0.4) is 0 Å². The summed E-state index contributed by atoms with van der Waals surface area (Å²) < 4.78 is 8.08. The zero-order chi connectivity index (χ0) is 18.6. The van der Waals surface area contributed by atoms with Gasteiger partial charge in [0.25, 0.3) is 0 Å². The van der Waals surface area contributed by atoms with E-state index in [4.69, 9.17) is 9.84 Å². The van der Waals surface area contributed by atoms with Crippen LogP contribution in [0.25, 0.3) is 0 Å². The van der Waals surface area contributed by atoms with Crippen molar-refractivity contribution in [2.45, 2.75) is 58.5 Å². The molecular formula is C21H28N4O2. The highest BCUT2D eigenvalue weighted by Gasteiger charge is 2.19. The fourth-order valence-corrected chi connectivity index (χ4v) is 3.98. The zero-order valence-corrected chi connectivity index (χ0v) is 16.0. The number of nitrogens with zero attached hydrogens (tertiary/aromatic N) is 2. The van der Waals surface area contributed by atoms with Gasteiger partial charge in [-0.2, -0.15) is 5.10 Å². The van der Waals surface area contributed by atoms with Gasteiger partial charge in [0.2, 0.25) is 5.91 Å². The Morgan fingerprint density at radius 3 is 3.04 bits per heavy atom. The van der Waals surface area contributed by atoms with Crippen molar-refractivity contribution in [3.63, 3.8) is 0 Å². The van der Waals surface area contributed by atoms with Crippen LogP contribution in [0.1, 0.15) is 48.7 Å². The van der Waals surface area contributed by atoms with Crippen molar-refractivity contribution in [2.75, 3.05) is 18.5 Å². The Bertz CT molecular complexity index is 828. The van der Waals surface area contributed by atoms with Gasteiger partial charge in [0, 0.05) is 55.5 Å². The number of aromatic nitrogens is 2. The van der Waals surface area contributed by atoms with Gasteiger partial charge in [-0.05, 0) is 44.2 Å². The number of benzene rings is 1. The number of carbonyl (C=O) groups is 1. The Morgan fingerprint density at radius 2 is 2.15 bits per heavy atom. The number of rotatable bonds is 7. The first-order chi connectivity index (χ1) is 13.2. The number of nitrogens with one attached hydrogen (secondary N) is 2. The first kappa shape index (κ1) is 18.0. The monoisotopic (exact) mass is 368 g/mol. The molecule has 0 unspecified atom stereocenters. The molecule has 2 N–H and O–H groups in total. The van der Waals surface area contributed by atoms with Crippen molar-refractivity contribution in [3.05, 3.63) is 40.7 Å². The van der Waals surface area contributed by atoms with Crippen LogP contribution in [0, 0.1) is 0 Å². The summed E-state index contributed by atoms with van der Waals surface area (Å²) in [5, 5.41) is 11.2. The lowest BCUT2D eigenvalue weighted by Gasteiger charge is -2.17. The molecule has 2 aromatic rings. The minimum atomic E-state index is 0.0880. The molecule has 0 radical (unpaired) electrons. The number of fused-ring (bicyclic) bond motifs is 2. The van der Waals surface area contributed by atoms with Crippen molar-refractivity contribution >= 4 is 11.6 Å². The summed E-state index contributed by atoms with van der Waals surface area (Å²) in [4.78, 5) is 11.5. The van der Waals surface area contributed by atoms with Gasteiger partial charge in [0.1, 0.15) is 5.75 Å². The predicted molar refractivity (Wildman–Crippen MR) is 105 cm³/mol. The maximum Gasteiger partial charge on any atom is 0.224 e. The molecule has 4 rings (SSSR count). The Kier molecular flexibility index (Phi) is 5.43. The minimum Gasteiger partial charge on any atom is -0.494 e. The molecule has 0 saturated heterocycles. The molecule has 1 aromatic heterocycles. The van der Waals surface area contributed by atoms with Crippen LogP contribution >= 0.6 is 0 Å². The first-order valence-electron chi connectivity index (χ1n) is 10.1. The lowest BCUT2D eigenvalue weighted by Crippen LogP contribution is -2.23. The molecule has 0 bridgehead atoms. The third-order valence-corrected chi connectivity index (χ3v) is 5.44. The number of ether oxygens (including phenoxy) is 1. The molecule has 2 aliphatic rings. The molecule has 1 amide bonds. The van der Waals surface area contributed by atoms with E-state index >= 15 is 0 Å². The van der Waals surface area contributed by atoms with E-state index in [1.807, 2.05) is 12.1 Å². The normalized spacial score (nSPS) is 15.8. The Morgan fingerprint density at radius 1 is 1.22 bits per heavy atom. The van der Waals surface area contributed by atoms with Gasteiger partial charge >= 0.3 is 0 Å². The number of hydrogen-bond acceptors (Lipinski definition) is 4. The quantitative estimate of drug-likeness (QED) is 0.738. The maximum atomic E-state index is 11.5. The van der Waals surface area contributed by atoms with Gasteiger partial charge < -0.3 is 15.4 Å². The number of hydrogen-bond donors (Lipinski definition) is 2. The summed E-state index contributed by atoms with van der Waals surface area (Å²) in [6, 6.07) is 6.01. The van der Waals surface area contributed by atoms with E-state index in [0.29, 0.717) is 13.0 Å². The Labute approximate surface area is 160 Å². The second kappa shape index (κ2) is 8.13. The van der Waals surface area contributed by atoms with Gasteiger partial charge in [0.05, 0.1) is 12.3 Å². The van der Waals surface area contributed by atoms with Crippen molar-refractivity contribution in [2.24, 2.45) is 0 Å².